The number of benzene rings is 1. The standard InChI is InChI=1S/C14H5N4/c15-7-11(8-16)6-14(13(9-17)10-18)12-4-2-1-3-5-12/h1-5H/q-1. The summed E-state index contributed by atoms with van der Waals surface area (Å²) in [5, 5.41) is 35.1. The zero-order valence-electron chi connectivity index (χ0n) is 9.18. The van der Waals surface area contributed by atoms with Crippen molar-refractivity contribution in [2.45, 2.75) is 0 Å². The second-order valence-electron chi connectivity index (χ2n) is 3.06. The van der Waals surface area contributed by atoms with Crippen LogP contribution in [0, 0.1) is 34.0 Å². The van der Waals surface area contributed by atoms with Gasteiger partial charge in [-0.25, -0.2) is 5.87 Å². The number of hydrogen-bond donors (Lipinski definition) is 0. The molecule has 0 atom stereocenters. The first-order valence-corrected chi connectivity index (χ1v) is 4.81. The maximum atomic E-state index is 8.87. The normalized spacial score (nSPS) is 7.61. The molecule has 0 radical (unpaired) electrons. The third-order valence-corrected chi connectivity index (χ3v) is 2.01. The van der Waals surface area contributed by atoms with Gasteiger partial charge in [-0.3, -0.25) is 0 Å². The van der Waals surface area contributed by atoms with Gasteiger partial charge in [0.15, 0.2) is 5.57 Å². The molecule has 0 N–H and O–H groups in total. The number of nitriles is 3. The fraction of sp³-hybridized carbons (Fsp3) is 0. The minimum Gasteiger partial charge on any atom is -0.762 e. The van der Waals surface area contributed by atoms with Crippen LogP contribution in [0.5, 0.6) is 0 Å². The summed E-state index contributed by atoms with van der Waals surface area (Å²) in [5.74, 6) is 1.73. The molecule has 0 fully saturated rings. The Morgan fingerprint density at radius 1 is 0.944 bits per heavy atom. The van der Waals surface area contributed by atoms with Gasteiger partial charge in [0, 0.05) is 5.57 Å². The molecule has 1 rings (SSSR count). The van der Waals surface area contributed by atoms with Gasteiger partial charge in [0.1, 0.15) is 18.2 Å². The Labute approximate surface area is 104 Å². The van der Waals surface area contributed by atoms with Gasteiger partial charge in [0.2, 0.25) is 0 Å². The molecule has 0 amide bonds. The topological polar surface area (TPSA) is 93.7 Å². The number of allylic oxidation sites excluding steroid dienone is 2. The Morgan fingerprint density at radius 3 is 2.00 bits per heavy atom. The average molecular weight is 229 g/mol. The van der Waals surface area contributed by atoms with Gasteiger partial charge in [0.05, 0.1) is 5.57 Å². The van der Waals surface area contributed by atoms with Crippen molar-refractivity contribution >= 4 is 11.4 Å². The number of nitrogens with zero attached hydrogens (tertiary/aromatic N) is 4. The van der Waals surface area contributed by atoms with Gasteiger partial charge < -0.3 is 5.41 Å². The van der Waals surface area contributed by atoms with Crippen LogP contribution >= 0.6 is 0 Å². The average Bonchev–Trinajstić information content (AvgIpc) is 2.44. The predicted octanol–water partition coefficient (Wildman–Crippen LogP) is 2.33. The molecule has 0 bridgehead atoms. The highest BCUT2D eigenvalue weighted by Crippen LogP contribution is 2.20. The van der Waals surface area contributed by atoms with E-state index in [1.165, 1.54) is 0 Å². The Bertz CT molecular complexity index is 677. The lowest BCUT2D eigenvalue weighted by molar-refractivity contribution is 1.46. The zero-order chi connectivity index (χ0) is 13.4. The van der Waals surface area contributed by atoms with Crippen LogP contribution in [-0.2, 0) is 0 Å². The summed E-state index contributed by atoms with van der Waals surface area (Å²) in [6.45, 7) is 0. The van der Waals surface area contributed by atoms with Crippen molar-refractivity contribution in [2.24, 2.45) is 0 Å². The molecule has 0 unspecified atom stereocenters. The van der Waals surface area contributed by atoms with Crippen molar-refractivity contribution in [1.29, 1.82) is 15.8 Å². The molecular formula is C14H5N4-. The van der Waals surface area contributed by atoms with Crippen LogP contribution in [0.25, 0.3) is 11.0 Å². The first-order valence-electron chi connectivity index (χ1n) is 4.81. The molecule has 4 heteroatoms. The maximum absolute atomic E-state index is 8.87. The molecule has 18 heavy (non-hydrogen) atoms. The molecule has 0 aliphatic heterocycles. The molecule has 1 aromatic carbocycles. The lowest BCUT2D eigenvalue weighted by Gasteiger charge is -2.02. The van der Waals surface area contributed by atoms with Gasteiger partial charge in [-0.15, -0.1) is 0 Å². The third kappa shape index (κ3) is 2.83. The first kappa shape index (κ1) is 12.7. The molecule has 0 saturated carbocycles. The molecule has 0 aliphatic carbocycles. The van der Waals surface area contributed by atoms with E-state index in [9.17, 15) is 0 Å². The second-order valence-corrected chi connectivity index (χ2v) is 3.06. The Balaban J connectivity index is 3.67. The molecule has 0 aliphatic rings. The summed E-state index contributed by atoms with van der Waals surface area (Å²) in [6, 6.07) is 13.6. The summed E-state index contributed by atoms with van der Waals surface area (Å²) in [7, 11) is 0. The van der Waals surface area contributed by atoms with Crippen molar-refractivity contribution in [1.82, 2.24) is 0 Å². The van der Waals surface area contributed by atoms with Gasteiger partial charge in [-0.1, -0.05) is 36.1 Å². The monoisotopic (exact) mass is 229 g/mol. The van der Waals surface area contributed by atoms with Crippen molar-refractivity contribution < 1.29 is 0 Å². The fourth-order valence-electron chi connectivity index (χ4n) is 1.23. The van der Waals surface area contributed by atoms with Crippen LogP contribution < -0.4 is 0 Å². The Morgan fingerprint density at radius 2 is 1.56 bits per heavy atom. The van der Waals surface area contributed by atoms with E-state index >= 15 is 0 Å². The van der Waals surface area contributed by atoms with E-state index < -0.39 is 0 Å². The van der Waals surface area contributed by atoms with Gasteiger partial charge >= 0.3 is 0 Å². The molecule has 0 spiro atoms. The van der Waals surface area contributed by atoms with Crippen molar-refractivity contribution in [3.63, 3.8) is 0 Å². The van der Waals surface area contributed by atoms with Crippen LogP contribution in [-0.4, -0.2) is 5.87 Å². The molecular weight excluding hydrogens is 224 g/mol. The highest BCUT2D eigenvalue weighted by molar-refractivity contribution is 5.93. The summed E-state index contributed by atoms with van der Waals surface area (Å²) >= 11 is 0. The van der Waals surface area contributed by atoms with E-state index in [2.05, 4.69) is 5.73 Å². The molecule has 0 saturated heterocycles. The smallest absolute Gasteiger partial charge is 0.172 e. The van der Waals surface area contributed by atoms with E-state index in [0.717, 1.165) is 0 Å². The molecule has 0 aromatic heterocycles. The van der Waals surface area contributed by atoms with Crippen LogP contribution in [0.4, 0.5) is 0 Å². The van der Waals surface area contributed by atoms with Crippen LogP contribution in [0.2, 0.25) is 0 Å². The van der Waals surface area contributed by atoms with Crippen LogP contribution in [0.15, 0.2) is 47.2 Å². The summed E-state index contributed by atoms with van der Waals surface area (Å²) in [5.41, 5.74) is 2.74. The van der Waals surface area contributed by atoms with Crippen molar-refractivity contribution in [3.05, 3.63) is 58.2 Å². The maximum Gasteiger partial charge on any atom is 0.172 e. The van der Waals surface area contributed by atoms with E-state index in [0.29, 0.717) is 5.56 Å². The highest BCUT2D eigenvalue weighted by atomic mass is 14.3. The minimum absolute atomic E-state index is 0.152. The number of hydrogen-bond acceptors (Lipinski definition) is 3. The van der Waals surface area contributed by atoms with E-state index in [1.807, 2.05) is 0 Å². The van der Waals surface area contributed by atoms with Crippen LogP contribution in [0.3, 0.4) is 0 Å². The third-order valence-electron chi connectivity index (χ3n) is 2.01. The summed E-state index contributed by atoms with van der Waals surface area (Å²) < 4.78 is 0. The SMILES string of the molecule is N#CC(=C=C(C(=C=[N-])C#N)c1ccccc1)C#N. The highest BCUT2D eigenvalue weighted by Gasteiger charge is 2.06. The quantitative estimate of drug-likeness (QED) is 0.337. The molecule has 82 valence electrons. The Kier molecular flexibility index (Phi) is 4.45. The van der Waals surface area contributed by atoms with Crippen molar-refractivity contribution in [2.75, 3.05) is 0 Å². The lowest BCUT2D eigenvalue weighted by Crippen LogP contribution is -1.88. The second kappa shape index (κ2) is 6.29. The zero-order valence-corrected chi connectivity index (χ0v) is 9.18. The van der Waals surface area contributed by atoms with Crippen molar-refractivity contribution in [3.8, 4) is 18.2 Å². The largest absolute Gasteiger partial charge is 0.762 e. The predicted molar refractivity (Wildman–Crippen MR) is 65.6 cm³/mol. The minimum atomic E-state index is -0.281. The fourth-order valence-corrected chi connectivity index (χ4v) is 1.23. The van der Waals surface area contributed by atoms with Crippen LogP contribution in [0.1, 0.15) is 5.56 Å². The Hall–Kier alpha value is -3.34. The summed E-state index contributed by atoms with van der Waals surface area (Å²) in [6.07, 6.45) is 0. The molecule has 1 aromatic rings. The van der Waals surface area contributed by atoms with Gasteiger partial charge in [0.25, 0.3) is 0 Å². The van der Waals surface area contributed by atoms with E-state index in [4.69, 9.17) is 21.2 Å². The lowest BCUT2D eigenvalue weighted by atomic mass is 10.00. The van der Waals surface area contributed by atoms with E-state index in [1.54, 1.807) is 54.4 Å². The molecule has 4 nitrogen and oxygen atoms in total. The van der Waals surface area contributed by atoms with Gasteiger partial charge in [-0.2, -0.15) is 15.8 Å². The van der Waals surface area contributed by atoms with Gasteiger partial charge in [-0.05, 0) is 5.56 Å². The number of rotatable bonds is 2. The first-order chi connectivity index (χ1) is 8.76. The summed E-state index contributed by atoms with van der Waals surface area (Å²) in [4.78, 5) is 0. The van der Waals surface area contributed by atoms with E-state index in [-0.39, 0.29) is 16.7 Å². The molecule has 0 heterocycles.